The van der Waals surface area contributed by atoms with E-state index in [2.05, 4.69) is 5.10 Å². The second-order valence-corrected chi connectivity index (χ2v) is 2.90. The Hall–Kier alpha value is -1.04. The van der Waals surface area contributed by atoms with Gasteiger partial charge in [-0.3, -0.25) is 4.68 Å². The Kier molecular flexibility index (Phi) is 1.80. The lowest BCUT2D eigenvalue weighted by atomic mass is 10.3. The van der Waals surface area contributed by atoms with Gasteiger partial charge in [0, 0.05) is 6.20 Å². The Morgan fingerprint density at radius 1 is 1.62 bits per heavy atom. The van der Waals surface area contributed by atoms with Crippen LogP contribution in [0.2, 0.25) is 0 Å². The van der Waals surface area contributed by atoms with Gasteiger partial charge in [-0.1, -0.05) is 0 Å². The molecule has 1 saturated heterocycles. The highest BCUT2D eigenvalue weighted by Gasteiger charge is 2.33. The molecule has 0 aliphatic carbocycles. The maximum atomic E-state index is 12.1. The van der Waals surface area contributed by atoms with Crippen LogP contribution in [-0.4, -0.2) is 22.5 Å². The van der Waals surface area contributed by atoms with Crippen LogP contribution in [0.3, 0.4) is 0 Å². The van der Waals surface area contributed by atoms with E-state index in [1.165, 1.54) is 4.68 Å². The number of alkyl halides is 3. The summed E-state index contributed by atoms with van der Waals surface area (Å²) >= 11 is 0. The number of hydrogen-bond acceptors (Lipinski definition) is 2. The quantitative estimate of drug-likeness (QED) is 0.661. The minimum Gasteiger partial charge on any atom is -0.371 e. The summed E-state index contributed by atoms with van der Waals surface area (Å²) in [6.07, 6.45) is -2.45. The van der Waals surface area contributed by atoms with Crippen LogP contribution < -0.4 is 0 Å². The third-order valence-corrected chi connectivity index (χ3v) is 1.75. The lowest BCUT2D eigenvalue weighted by Crippen LogP contribution is -2.05. The van der Waals surface area contributed by atoms with Crippen LogP contribution in [-0.2, 0) is 17.5 Å². The molecule has 6 heteroatoms. The zero-order valence-corrected chi connectivity index (χ0v) is 6.58. The molecule has 1 atom stereocenters. The second kappa shape index (κ2) is 2.73. The molecular weight excluding hydrogens is 185 g/mol. The van der Waals surface area contributed by atoms with Gasteiger partial charge in [-0.15, -0.1) is 0 Å². The Balaban J connectivity index is 2.08. The third kappa shape index (κ3) is 2.00. The number of halogens is 3. The van der Waals surface area contributed by atoms with Crippen molar-refractivity contribution >= 4 is 0 Å². The zero-order valence-electron chi connectivity index (χ0n) is 6.58. The minimum atomic E-state index is -4.30. The molecule has 1 aromatic rings. The van der Waals surface area contributed by atoms with E-state index in [0.29, 0.717) is 13.2 Å². The highest BCUT2D eigenvalue weighted by molar-refractivity contribution is 5.08. The van der Waals surface area contributed by atoms with Gasteiger partial charge < -0.3 is 4.74 Å². The number of rotatable bonds is 2. The molecule has 0 spiro atoms. The standard InChI is InChI=1S/C7H7F3N2O/c8-7(9,10)5-1-11-12(2-5)3-6-4-13-6/h1-2,6H,3-4H2/t6-/m0/s1. The van der Waals surface area contributed by atoms with Gasteiger partial charge in [0.1, 0.15) is 6.10 Å². The molecule has 0 aromatic carbocycles. The molecule has 2 rings (SSSR count). The summed E-state index contributed by atoms with van der Waals surface area (Å²) in [7, 11) is 0. The molecule has 0 amide bonds. The van der Waals surface area contributed by atoms with Crippen LogP contribution in [0.25, 0.3) is 0 Å². The number of ether oxygens (including phenoxy) is 1. The van der Waals surface area contributed by atoms with Crippen LogP contribution in [0.4, 0.5) is 13.2 Å². The SMILES string of the molecule is FC(F)(F)c1cnn(C[C@H]2CO2)c1. The van der Waals surface area contributed by atoms with E-state index in [0.717, 1.165) is 12.4 Å². The summed E-state index contributed by atoms with van der Waals surface area (Å²) in [5.41, 5.74) is -0.715. The molecule has 3 nitrogen and oxygen atoms in total. The van der Waals surface area contributed by atoms with Gasteiger partial charge in [0.15, 0.2) is 0 Å². The van der Waals surface area contributed by atoms with E-state index in [1.807, 2.05) is 0 Å². The fraction of sp³-hybridized carbons (Fsp3) is 0.571. The summed E-state index contributed by atoms with van der Waals surface area (Å²) in [5.74, 6) is 0. The lowest BCUT2D eigenvalue weighted by molar-refractivity contribution is -0.137. The highest BCUT2D eigenvalue weighted by atomic mass is 19.4. The molecular formula is C7H7F3N2O. The topological polar surface area (TPSA) is 30.4 Å². The van der Waals surface area contributed by atoms with E-state index in [-0.39, 0.29) is 6.10 Å². The van der Waals surface area contributed by atoms with E-state index in [4.69, 9.17) is 4.74 Å². The van der Waals surface area contributed by atoms with Crippen molar-refractivity contribution in [3.63, 3.8) is 0 Å². The predicted octanol–water partition coefficient (Wildman–Crippen LogP) is 1.30. The van der Waals surface area contributed by atoms with Crippen molar-refractivity contribution in [3.05, 3.63) is 18.0 Å². The maximum absolute atomic E-state index is 12.1. The number of epoxide rings is 1. The molecule has 1 aliphatic rings. The second-order valence-electron chi connectivity index (χ2n) is 2.90. The number of hydrogen-bond donors (Lipinski definition) is 0. The summed E-state index contributed by atoms with van der Waals surface area (Å²) in [6.45, 7) is 1.01. The fourth-order valence-electron chi connectivity index (χ4n) is 0.992. The van der Waals surface area contributed by atoms with Crippen LogP contribution in [0.15, 0.2) is 12.4 Å². The Bertz CT molecular complexity index is 303. The van der Waals surface area contributed by atoms with Crippen molar-refractivity contribution in [1.82, 2.24) is 9.78 Å². The van der Waals surface area contributed by atoms with Gasteiger partial charge in [-0.05, 0) is 0 Å². The molecule has 2 heterocycles. The number of nitrogens with zero attached hydrogens (tertiary/aromatic N) is 2. The van der Waals surface area contributed by atoms with Crippen LogP contribution in [0.5, 0.6) is 0 Å². The maximum Gasteiger partial charge on any atom is 0.419 e. The van der Waals surface area contributed by atoms with Crippen LogP contribution in [0.1, 0.15) is 5.56 Å². The van der Waals surface area contributed by atoms with Crippen molar-refractivity contribution in [2.24, 2.45) is 0 Å². The van der Waals surface area contributed by atoms with Crippen molar-refractivity contribution in [1.29, 1.82) is 0 Å². The molecule has 0 radical (unpaired) electrons. The largest absolute Gasteiger partial charge is 0.419 e. The summed E-state index contributed by atoms with van der Waals surface area (Å²) in [6, 6.07) is 0. The van der Waals surface area contributed by atoms with E-state index >= 15 is 0 Å². The Labute approximate surface area is 72.1 Å². The normalized spacial score (nSPS) is 21.9. The van der Waals surface area contributed by atoms with Gasteiger partial charge in [0.05, 0.1) is 24.9 Å². The highest BCUT2D eigenvalue weighted by Crippen LogP contribution is 2.28. The average Bonchev–Trinajstić information content (AvgIpc) is 2.63. The summed E-state index contributed by atoms with van der Waals surface area (Å²) in [5, 5.41) is 3.58. The van der Waals surface area contributed by atoms with Gasteiger partial charge >= 0.3 is 6.18 Å². The smallest absolute Gasteiger partial charge is 0.371 e. The average molecular weight is 192 g/mol. The first-order chi connectivity index (χ1) is 6.05. The molecule has 1 aromatic heterocycles. The molecule has 72 valence electrons. The van der Waals surface area contributed by atoms with Gasteiger partial charge in [0.2, 0.25) is 0 Å². The van der Waals surface area contributed by atoms with E-state index in [9.17, 15) is 13.2 Å². The molecule has 0 bridgehead atoms. The molecule has 1 fully saturated rings. The zero-order chi connectivity index (χ0) is 9.47. The van der Waals surface area contributed by atoms with Crippen LogP contribution in [0, 0.1) is 0 Å². The predicted molar refractivity (Wildman–Crippen MR) is 37.0 cm³/mol. The lowest BCUT2D eigenvalue weighted by Gasteiger charge is -2.00. The van der Waals surface area contributed by atoms with Crippen LogP contribution >= 0.6 is 0 Å². The van der Waals surface area contributed by atoms with Crippen molar-refractivity contribution in [2.45, 2.75) is 18.8 Å². The molecule has 0 saturated carbocycles. The van der Waals surface area contributed by atoms with Crippen molar-refractivity contribution < 1.29 is 17.9 Å². The first-order valence-corrected chi connectivity index (χ1v) is 3.77. The summed E-state index contributed by atoms with van der Waals surface area (Å²) < 4.78 is 42.3. The monoisotopic (exact) mass is 192 g/mol. The Morgan fingerprint density at radius 2 is 2.31 bits per heavy atom. The first-order valence-electron chi connectivity index (χ1n) is 3.77. The van der Waals surface area contributed by atoms with E-state index in [1.54, 1.807) is 0 Å². The fourth-order valence-corrected chi connectivity index (χ4v) is 0.992. The minimum absolute atomic E-state index is 0.0426. The molecule has 0 N–H and O–H groups in total. The van der Waals surface area contributed by atoms with E-state index < -0.39 is 11.7 Å². The molecule has 0 unspecified atom stereocenters. The van der Waals surface area contributed by atoms with Gasteiger partial charge in [-0.25, -0.2) is 0 Å². The third-order valence-electron chi connectivity index (χ3n) is 1.75. The number of aromatic nitrogens is 2. The molecule has 13 heavy (non-hydrogen) atoms. The summed E-state index contributed by atoms with van der Waals surface area (Å²) in [4.78, 5) is 0. The van der Waals surface area contributed by atoms with Gasteiger partial charge in [0.25, 0.3) is 0 Å². The van der Waals surface area contributed by atoms with Gasteiger partial charge in [-0.2, -0.15) is 18.3 Å². The first kappa shape index (κ1) is 8.55. The van der Waals surface area contributed by atoms with Crippen molar-refractivity contribution in [3.8, 4) is 0 Å². The Morgan fingerprint density at radius 3 is 2.77 bits per heavy atom. The molecule has 1 aliphatic heterocycles. The van der Waals surface area contributed by atoms with Crippen molar-refractivity contribution in [2.75, 3.05) is 6.61 Å².